The van der Waals surface area contributed by atoms with Gasteiger partial charge in [0.05, 0.1) is 10.9 Å². The average Bonchev–Trinajstić information content (AvgIpc) is 3.39. The highest BCUT2D eigenvalue weighted by Gasteiger charge is 2.27. The van der Waals surface area contributed by atoms with Crippen LogP contribution in [0.5, 0.6) is 0 Å². The molecule has 1 aromatic carbocycles. The smallest absolute Gasteiger partial charge is 0.165 e. The summed E-state index contributed by atoms with van der Waals surface area (Å²) in [5.74, 6) is 1.05. The molecular formula is C23H25FN6. The molecule has 3 aromatic heterocycles. The van der Waals surface area contributed by atoms with Crippen LogP contribution >= 0.6 is 0 Å². The van der Waals surface area contributed by atoms with Crippen molar-refractivity contribution in [2.24, 2.45) is 5.92 Å². The Morgan fingerprint density at radius 2 is 2.10 bits per heavy atom. The Labute approximate surface area is 174 Å². The normalized spacial score (nSPS) is 19.0. The van der Waals surface area contributed by atoms with E-state index in [1.165, 1.54) is 24.5 Å². The van der Waals surface area contributed by atoms with Crippen molar-refractivity contribution in [3.05, 3.63) is 54.2 Å². The number of aromatic nitrogens is 4. The summed E-state index contributed by atoms with van der Waals surface area (Å²) in [7, 11) is 1.89. The third kappa shape index (κ3) is 3.34. The minimum absolute atomic E-state index is 0.0394. The van der Waals surface area contributed by atoms with E-state index in [1.54, 1.807) is 6.33 Å². The van der Waals surface area contributed by atoms with Crippen molar-refractivity contribution in [3.8, 4) is 0 Å². The van der Waals surface area contributed by atoms with E-state index in [-0.39, 0.29) is 5.82 Å². The second-order valence-electron chi connectivity index (χ2n) is 8.19. The van der Waals surface area contributed by atoms with Crippen molar-refractivity contribution in [2.75, 3.05) is 18.1 Å². The topological polar surface area (TPSA) is 81.7 Å². The van der Waals surface area contributed by atoms with Gasteiger partial charge in [-0.05, 0) is 61.8 Å². The predicted octanol–water partition coefficient (Wildman–Crippen LogP) is 4.72. The fraction of sp³-hybridized carbons (Fsp3) is 0.348. The van der Waals surface area contributed by atoms with Gasteiger partial charge >= 0.3 is 0 Å². The molecule has 1 fully saturated rings. The van der Waals surface area contributed by atoms with Crippen molar-refractivity contribution in [2.45, 2.75) is 38.1 Å². The third-order valence-electron chi connectivity index (χ3n) is 6.36. The van der Waals surface area contributed by atoms with Gasteiger partial charge in [-0.2, -0.15) is 0 Å². The Kier molecular flexibility index (Phi) is 4.73. The van der Waals surface area contributed by atoms with E-state index < -0.39 is 5.82 Å². The molecule has 0 radical (unpaired) electrons. The van der Waals surface area contributed by atoms with Crippen LogP contribution in [-0.2, 0) is 6.42 Å². The summed E-state index contributed by atoms with van der Waals surface area (Å²) in [5.41, 5.74) is 8.62. The highest BCUT2D eigenvalue weighted by molar-refractivity contribution is 5.87. The minimum atomic E-state index is -0.461. The van der Waals surface area contributed by atoms with Crippen LogP contribution in [0.25, 0.3) is 21.9 Å². The number of rotatable bonds is 5. The quantitative estimate of drug-likeness (QED) is 0.503. The standard InChI is InChI=1S/C23H25FN6/c1-26-22-18-8-9-30(23(18)28-13-27-22)17-7-5-14(10-17)2-3-15-4-6-16-12-19(24)21(25)29-20(16)11-15/h4,6,8-9,11-14,17H,2-3,5,7,10H2,1H3,(H2,25,29)(H,26,27,28). The zero-order valence-corrected chi connectivity index (χ0v) is 17.0. The van der Waals surface area contributed by atoms with E-state index in [0.29, 0.717) is 12.0 Å². The molecule has 1 aliphatic rings. The number of nitrogens with zero attached hydrogens (tertiary/aromatic N) is 4. The van der Waals surface area contributed by atoms with Crippen molar-refractivity contribution in [3.63, 3.8) is 0 Å². The number of halogens is 1. The largest absolute Gasteiger partial charge is 0.381 e. The Morgan fingerprint density at radius 1 is 1.20 bits per heavy atom. The summed E-state index contributed by atoms with van der Waals surface area (Å²) in [5, 5.41) is 5.00. The van der Waals surface area contributed by atoms with E-state index in [4.69, 9.17) is 5.73 Å². The molecule has 1 saturated carbocycles. The number of anilines is 2. The maximum Gasteiger partial charge on any atom is 0.165 e. The number of aryl methyl sites for hydroxylation is 1. The van der Waals surface area contributed by atoms with Gasteiger partial charge < -0.3 is 15.6 Å². The third-order valence-corrected chi connectivity index (χ3v) is 6.36. The molecule has 154 valence electrons. The first-order chi connectivity index (χ1) is 14.6. The molecule has 30 heavy (non-hydrogen) atoms. The molecule has 3 heterocycles. The maximum atomic E-state index is 13.6. The monoisotopic (exact) mass is 404 g/mol. The van der Waals surface area contributed by atoms with Crippen molar-refractivity contribution in [1.82, 2.24) is 19.5 Å². The predicted molar refractivity (Wildman–Crippen MR) is 118 cm³/mol. The summed E-state index contributed by atoms with van der Waals surface area (Å²) in [4.78, 5) is 13.0. The number of nitrogens with two attached hydrogens (primary N) is 1. The van der Waals surface area contributed by atoms with Gasteiger partial charge in [0.25, 0.3) is 0 Å². The van der Waals surface area contributed by atoms with Gasteiger partial charge in [-0.25, -0.2) is 19.3 Å². The van der Waals surface area contributed by atoms with Gasteiger partial charge in [-0.15, -0.1) is 0 Å². The van der Waals surface area contributed by atoms with Gasteiger partial charge in [-0.3, -0.25) is 0 Å². The average molecular weight is 404 g/mol. The zero-order valence-electron chi connectivity index (χ0n) is 17.0. The van der Waals surface area contributed by atoms with Gasteiger partial charge in [0.1, 0.15) is 17.8 Å². The summed E-state index contributed by atoms with van der Waals surface area (Å²) in [6.45, 7) is 0. The summed E-state index contributed by atoms with van der Waals surface area (Å²) in [6.07, 6.45) is 9.45. The molecule has 2 unspecified atom stereocenters. The van der Waals surface area contributed by atoms with Gasteiger partial charge in [0.15, 0.2) is 11.6 Å². The van der Waals surface area contributed by atoms with Crippen molar-refractivity contribution < 1.29 is 4.39 Å². The summed E-state index contributed by atoms with van der Waals surface area (Å²) >= 11 is 0. The lowest BCUT2D eigenvalue weighted by Crippen LogP contribution is -2.06. The number of hydrogen-bond donors (Lipinski definition) is 2. The van der Waals surface area contributed by atoms with Crippen molar-refractivity contribution >= 4 is 33.6 Å². The van der Waals surface area contributed by atoms with Gasteiger partial charge in [0, 0.05) is 24.7 Å². The van der Waals surface area contributed by atoms with Crippen LogP contribution in [-0.4, -0.2) is 26.6 Å². The molecule has 0 saturated heterocycles. The first-order valence-corrected chi connectivity index (χ1v) is 10.5. The number of fused-ring (bicyclic) bond motifs is 2. The SMILES string of the molecule is CNc1ncnc2c1ccn2C1CCC(CCc2ccc3cc(F)c(N)nc3c2)C1. The van der Waals surface area contributed by atoms with Crippen LogP contribution in [0.1, 0.15) is 37.3 Å². The molecule has 5 rings (SSSR count). The number of nitrogens with one attached hydrogen (secondary N) is 1. The Bertz CT molecular complexity index is 1220. The van der Waals surface area contributed by atoms with Crippen LogP contribution in [0.3, 0.4) is 0 Å². The fourth-order valence-electron chi connectivity index (χ4n) is 4.76. The molecule has 4 aromatic rings. The molecular weight excluding hydrogens is 379 g/mol. The number of nitrogen functional groups attached to an aromatic ring is 1. The van der Waals surface area contributed by atoms with Crippen LogP contribution < -0.4 is 11.1 Å². The van der Waals surface area contributed by atoms with E-state index >= 15 is 0 Å². The first-order valence-electron chi connectivity index (χ1n) is 10.5. The minimum Gasteiger partial charge on any atom is -0.381 e. The van der Waals surface area contributed by atoms with E-state index in [0.717, 1.165) is 47.0 Å². The van der Waals surface area contributed by atoms with E-state index in [2.05, 4.69) is 43.2 Å². The second-order valence-corrected chi connectivity index (χ2v) is 8.19. The highest BCUT2D eigenvalue weighted by atomic mass is 19.1. The molecule has 0 bridgehead atoms. The maximum absolute atomic E-state index is 13.6. The molecule has 1 aliphatic carbocycles. The molecule has 0 aliphatic heterocycles. The lowest BCUT2D eigenvalue weighted by Gasteiger charge is -2.15. The molecule has 7 heteroatoms. The molecule has 2 atom stereocenters. The molecule has 0 amide bonds. The summed E-state index contributed by atoms with van der Waals surface area (Å²) < 4.78 is 15.9. The van der Waals surface area contributed by atoms with Crippen LogP contribution in [0.15, 0.2) is 42.9 Å². The lowest BCUT2D eigenvalue weighted by molar-refractivity contribution is 0.461. The van der Waals surface area contributed by atoms with E-state index in [1.807, 2.05) is 19.2 Å². The molecule has 0 spiro atoms. The number of pyridine rings is 1. The van der Waals surface area contributed by atoms with Gasteiger partial charge in [0.2, 0.25) is 0 Å². The number of hydrogen-bond acceptors (Lipinski definition) is 5. The number of benzene rings is 1. The lowest BCUT2D eigenvalue weighted by atomic mass is 9.97. The zero-order chi connectivity index (χ0) is 20.7. The second kappa shape index (κ2) is 7.55. The van der Waals surface area contributed by atoms with Crippen LogP contribution in [0.2, 0.25) is 0 Å². The molecule has 6 nitrogen and oxygen atoms in total. The fourth-order valence-corrected chi connectivity index (χ4v) is 4.76. The molecule has 3 N–H and O–H groups in total. The Balaban J connectivity index is 1.27. The first kappa shape index (κ1) is 18.8. The Hall–Kier alpha value is -3.22. The van der Waals surface area contributed by atoms with E-state index in [9.17, 15) is 4.39 Å². The van der Waals surface area contributed by atoms with Crippen LogP contribution in [0, 0.1) is 11.7 Å². The highest BCUT2D eigenvalue weighted by Crippen LogP contribution is 2.39. The van der Waals surface area contributed by atoms with Crippen LogP contribution in [0.4, 0.5) is 16.0 Å². The Morgan fingerprint density at radius 3 is 2.97 bits per heavy atom. The summed E-state index contributed by atoms with van der Waals surface area (Å²) in [6, 6.07) is 10.1. The van der Waals surface area contributed by atoms with Gasteiger partial charge in [-0.1, -0.05) is 12.1 Å². The van der Waals surface area contributed by atoms with Crippen molar-refractivity contribution in [1.29, 1.82) is 0 Å².